The third-order valence-corrected chi connectivity index (χ3v) is 4.97. The number of aromatic amines is 1. The van der Waals surface area contributed by atoms with Crippen molar-refractivity contribution in [3.05, 3.63) is 87.3 Å². The molecular weight excluding hydrogens is 382 g/mol. The van der Waals surface area contributed by atoms with Crippen LogP contribution in [0.2, 0.25) is 0 Å². The predicted octanol–water partition coefficient (Wildman–Crippen LogP) is 2.89. The predicted molar refractivity (Wildman–Crippen MR) is 113 cm³/mol. The van der Waals surface area contributed by atoms with Gasteiger partial charge in [-0.25, -0.2) is 4.98 Å². The highest BCUT2D eigenvalue weighted by atomic mass is 16.5. The fourth-order valence-corrected chi connectivity index (χ4v) is 3.11. The Bertz CT molecular complexity index is 1260. The molecule has 0 aliphatic rings. The highest BCUT2D eigenvalue weighted by molar-refractivity contribution is 6.05. The van der Waals surface area contributed by atoms with Crippen molar-refractivity contribution in [2.75, 3.05) is 12.0 Å². The standard InChI is InChI=1S/C22H21N5O3/c1-14-15(2)23-21-24-22(25-27(21)19(14)28)26(13-16-7-5-4-6-8-16)20(29)17-9-11-18(30-3)12-10-17/h4-12H,13H2,1-3H3,(H,23,24,25). The fourth-order valence-electron chi connectivity index (χ4n) is 3.11. The number of amides is 1. The number of carbonyl (C=O) groups excluding carboxylic acids is 1. The van der Waals surface area contributed by atoms with Gasteiger partial charge in [-0.15, -0.1) is 0 Å². The molecule has 8 heteroatoms. The molecule has 4 rings (SSSR count). The number of nitrogens with one attached hydrogen (secondary N) is 1. The second-order valence-electron chi connectivity index (χ2n) is 6.92. The number of carbonyl (C=O) groups is 1. The number of aryl methyl sites for hydroxylation is 1. The van der Waals surface area contributed by atoms with Crippen molar-refractivity contribution in [3.63, 3.8) is 0 Å². The molecule has 1 amide bonds. The zero-order valence-electron chi connectivity index (χ0n) is 16.9. The first kappa shape index (κ1) is 19.4. The van der Waals surface area contributed by atoms with E-state index in [4.69, 9.17) is 4.74 Å². The number of nitrogens with zero attached hydrogens (tertiary/aromatic N) is 4. The van der Waals surface area contributed by atoms with Crippen molar-refractivity contribution < 1.29 is 9.53 Å². The summed E-state index contributed by atoms with van der Waals surface area (Å²) in [5, 5.41) is 2.94. The van der Waals surface area contributed by atoms with Crippen LogP contribution < -0.4 is 15.2 Å². The lowest BCUT2D eigenvalue weighted by molar-refractivity contribution is 0.0983. The van der Waals surface area contributed by atoms with Gasteiger partial charge in [0.1, 0.15) is 5.75 Å². The number of ether oxygens (including phenoxy) is 1. The van der Waals surface area contributed by atoms with Gasteiger partial charge in [0.25, 0.3) is 17.2 Å². The molecule has 0 unspecified atom stereocenters. The Labute approximate surface area is 172 Å². The molecule has 2 aromatic heterocycles. The van der Waals surface area contributed by atoms with Gasteiger partial charge in [-0.3, -0.25) is 19.6 Å². The van der Waals surface area contributed by atoms with E-state index in [1.165, 1.54) is 9.42 Å². The summed E-state index contributed by atoms with van der Waals surface area (Å²) in [6, 6.07) is 16.4. The van der Waals surface area contributed by atoms with E-state index in [1.54, 1.807) is 45.2 Å². The molecule has 0 aliphatic heterocycles. The van der Waals surface area contributed by atoms with E-state index in [0.29, 0.717) is 22.6 Å². The highest BCUT2D eigenvalue weighted by Crippen LogP contribution is 2.19. The molecule has 0 saturated heterocycles. The molecule has 0 fully saturated rings. The van der Waals surface area contributed by atoms with Gasteiger partial charge in [-0.05, 0) is 43.7 Å². The number of aromatic nitrogens is 4. The van der Waals surface area contributed by atoms with Crippen LogP contribution in [0.1, 0.15) is 27.2 Å². The number of fused-ring (bicyclic) bond motifs is 1. The Morgan fingerprint density at radius 1 is 1.07 bits per heavy atom. The van der Waals surface area contributed by atoms with Crippen molar-refractivity contribution in [2.24, 2.45) is 0 Å². The molecule has 0 spiro atoms. The van der Waals surface area contributed by atoms with Crippen molar-refractivity contribution in [2.45, 2.75) is 20.4 Å². The number of benzene rings is 2. The molecule has 0 radical (unpaired) electrons. The summed E-state index contributed by atoms with van der Waals surface area (Å²) in [5.41, 5.74) is 2.29. The normalized spacial score (nSPS) is 10.9. The lowest BCUT2D eigenvalue weighted by Crippen LogP contribution is -2.31. The van der Waals surface area contributed by atoms with E-state index >= 15 is 0 Å². The number of H-pyrrole nitrogens is 1. The molecule has 0 saturated carbocycles. The highest BCUT2D eigenvalue weighted by Gasteiger charge is 2.23. The monoisotopic (exact) mass is 403 g/mol. The molecule has 30 heavy (non-hydrogen) atoms. The largest absolute Gasteiger partial charge is 0.497 e. The number of hydrogen-bond donors (Lipinski definition) is 1. The second-order valence-corrected chi connectivity index (χ2v) is 6.92. The maximum atomic E-state index is 13.4. The quantitative estimate of drug-likeness (QED) is 0.553. The van der Waals surface area contributed by atoms with Gasteiger partial charge < -0.3 is 4.74 Å². The molecule has 0 atom stereocenters. The summed E-state index contributed by atoms with van der Waals surface area (Å²) in [5.74, 6) is 0.863. The van der Waals surface area contributed by atoms with Crippen LogP contribution in [-0.4, -0.2) is 32.6 Å². The van der Waals surface area contributed by atoms with Crippen LogP contribution >= 0.6 is 0 Å². The van der Waals surface area contributed by atoms with Crippen molar-refractivity contribution in [1.29, 1.82) is 0 Å². The molecule has 2 heterocycles. The van der Waals surface area contributed by atoms with Crippen LogP contribution in [0.25, 0.3) is 5.78 Å². The van der Waals surface area contributed by atoms with Crippen LogP contribution in [0.5, 0.6) is 5.75 Å². The summed E-state index contributed by atoms with van der Waals surface area (Å²) in [6.07, 6.45) is 0. The van der Waals surface area contributed by atoms with E-state index in [0.717, 1.165) is 5.56 Å². The molecule has 4 aromatic rings. The minimum Gasteiger partial charge on any atom is -0.497 e. The third kappa shape index (κ3) is 3.55. The van der Waals surface area contributed by atoms with E-state index in [9.17, 15) is 9.59 Å². The molecular formula is C22H21N5O3. The van der Waals surface area contributed by atoms with E-state index in [2.05, 4.69) is 15.1 Å². The van der Waals surface area contributed by atoms with E-state index in [-0.39, 0.29) is 29.7 Å². The molecule has 1 N–H and O–H groups in total. The van der Waals surface area contributed by atoms with Crippen molar-refractivity contribution >= 4 is 17.6 Å². The Balaban J connectivity index is 1.80. The zero-order valence-corrected chi connectivity index (χ0v) is 16.9. The van der Waals surface area contributed by atoms with Gasteiger partial charge >= 0.3 is 0 Å². The van der Waals surface area contributed by atoms with Crippen molar-refractivity contribution in [1.82, 2.24) is 19.6 Å². The van der Waals surface area contributed by atoms with E-state index in [1.807, 2.05) is 30.3 Å². The third-order valence-electron chi connectivity index (χ3n) is 4.97. The van der Waals surface area contributed by atoms with Crippen LogP contribution in [0.15, 0.2) is 59.4 Å². The number of methoxy groups -OCH3 is 1. The van der Waals surface area contributed by atoms with Gasteiger partial charge in [0.05, 0.1) is 13.7 Å². The van der Waals surface area contributed by atoms with Crippen LogP contribution in [-0.2, 0) is 6.54 Å². The summed E-state index contributed by atoms with van der Waals surface area (Å²) in [4.78, 5) is 36.2. The first-order chi connectivity index (χ1) is 14.5. The molecule has 8 nitrogen and oxygen atoms in total. The summed E-state index contributed by atoms with van der Waals surface area (Å²) in [7, 11) is 1.57. The summed E-state index contributed by atoms with van der Waals surface area (Å²) in [6.45, 7) is 3.75. The molecule has 2 aromatic carbocycles. The topological polar surface area (TPSA) is 92.6 Å². The van der Waals surface area contributed by atoms with Crippen LogP contribution in [0.3, 0.4) is 0 Å². The van der Waals surface area contributed by atoms with Crippen LogP contribution in [0, 0.1) is 13.8 Å². The van der Waals surface area contributed by atoms with Gasteiger partial charge in [-0.1, -0.05) is 30.3 Å². The molecule has 0 bridgehead atoms. The second kappa shape index (κ2) is 7.82. The first-order valence-electron chi connectivity index (χ1n) is 9.43. The lowest BCUT2D eigenvalue weighted by atomic mass is 10.1. The van der Waals surface area contributed by atoms with E-state index < -0.39 is 0 Å². The number of hydrogen-bond acceptors (Lipinski definition) is 5. The average Bonchev–Trinajstić information content (AvgIpc) is 3.20. The Kier molecular flexibility index (Phi) is 5.05. The molecule has 152 valence electrons. The summed E-state index contributed by atoms with van der Waals surface area (Å²) >= 11 is 0. The maximum Gasteiger partial charge on any atom is 0.277 e. The fraction of sp³-hybridized carbons (Fsp3) is 0.182. The first-order valence-corrected chi connectivity index (χ1v) is 9.43. The van der Waals surface area contributed by atoms with Crippen LogP contribution in [0.4, 0.5) is 5.95 Å². The Hall–Kier alpha value is -3.94. The average molecular weight is 403 g/mol. The maximum absolute atomic E-state index is 13.4. The SMILES string of the molecule is COc1ccc(C(=O)N(Cc2ccccc2)c2nc3nc(C)c(C)c(=O)n3[nH]2)cc1. The smallest absolute Gasteiger partial charge is 0.277 e. The number of rotatable bonds is 5. The van der Waals surface area contributed by atoms with Gasteiger partial charge in [0.2, 0.25) is 5.95 Å². The number of anilines is 1. The van der Waals surface area contributed by atoms with Gasteiger partial charge in [0, 0.05) is 16.8 Å². The minimum atomic E-state index is -0.262. The Morgan fingerprint density at radius 2 is 1.77 bits per heavy atom. The van der Waals surface area contributed by atoms with Gasteiger partial charge in [0.15, 0.2) is 0 Å². The summed E-state index contributed by atoms with van der Waals surface area (Å²) < 4.78 is 6.44. The zero-order chi connectivity index (χ0) is 21.3. The Morgan fingerprint density at radius 3 is 2.43 bits per heavy atom. The lowest BCUT2D eigenvalue weighted by Gasteiger charge is -2.20. The molecule has 0 aliphatic carbocycles. The van der Waals surface area contributed by atoms with Gasteiger partial charge in [-0.2, -0.15) is 9.50 Å². The van der Waals surface area contributed by atoms with Crippen molar-refractivity contribution in [3.8, 4) is 5.75 Å². The minimum absolute atomic E-state index is 0.221.